The van der Waals surface area contributed by atoms with Gasteiger partial charge in [-0.05, 0) is 48.7 Å². The fourth-order valence-electron chi connectivity index (χ4n) is 4.02. The second-order valence-electron chi connectivity index (χ2n) is 7.76. The third kappa shape index (κ3) is 4.25. The Balaban J connectivity index is 1.58. The topological polar surface area (TPSA) is 57.2 Å². The van der Waals surface area contributed by atoms with Gasteiger partial charge in [0.05, 0.1) is 39.2 Å². The Hall–Kier alpha value is -2.28. The molecule has 1 fully saturated rings. The third-order valence-corrected chi connectivity index (χ3v) is 5.84. The van der Waals surface area contributed by atoms with Gasteiger partial charge in [0.2, 0.25) is 0 Å². The standard InChI is InChI=1S/C24H28ClNO5/c1-3-4-5-11-29-21-10-7-17(14-22(21)28-2)16-26-20-9-8-18(25)15-19(20)24(23(26)27)30-12-6-13-31-24/h7-10,14-15H,3-6,11-13,16H2,1-2H3. The SMILES string of the molecule is CCCCCOc1ccc(CN2C(=O)C3(OCCCO3)c3cc(Cl)ccc32)cc1OC. The minimum absolute atomic E-state index is 0.233. The van der Waals surface area contributed by atoms with Crippen molar-refractivity contribution in [2.75, 3.05) is 31.8 Å². The van der Waals surface area contributed by atoms with Gasteiger partial charge in [-0.3, -0.25) is 4.79 Å². The molecule has 2 aliphatic rings. The van der Waals surface area contributed by atoms with Crippen LogP contribution >= 0.6 is 11.6 Å². The fraction of sp³-hybridized carbons (Fsp3) is 0.458. The van der Waals surface area contributed by atoms with Crippen LogP contribution in [0.2, 0.25) is 5.02 Å². The van der Waals surface area contributed by atoms with Crippen molar-refractivity contribution in [3.05, 3.63) is 52.5 Å². The Morgan fingerprint density at radius 1 is 1.10 bits per heavy atom. The van der Waals surface area contributed by atoms with Crippen LogP contribution in [0.4, 0.5) is 5.69 Å². The van der Waals surface area contributed by atoms with E-state index in [2.05, 4.69) is 6.92 Å². The van der Waals surface area contributed by atoms with E-state index in [0.717, 1.165) is 36.9 Å². The van der Waals surface area contributed by atoms with Gasteiger partial charge in [0.25, 0.3) is 11.7 Å². The van der Waals surface area contributed by atoms with Gasteiger partial charge in [-0.1, -0.05) is 37.4 Å². The first-order valence-corrected chi connectivity index (χ1v) is 11.2. The average molecular weight is 446 g/mol. The lowest BCUT2D eigenvalue weighted by Gasteiger charge is -2.32. The van der Waals surface area contributed by atoms with Gasteiger partial charge in [-0.2, -0.15) is 0 Å². The molecule has 2 aromatic carbocycles. The number of methoxy groups -OCH3 is 1. The van der Waals surface area contributed by atoms with Crippen LogP contribution in [-0.4, -0.2) is 32.8 Å². The Morgan fingerprint density at radius 2 is 1.90 bits per heavy atom. The predicted molar refractivity (Wildman–Crippen MR) is 119 cm³/mol. The maximum atomic E-state index is 13.5. The number of carbonyl (C=O) groups excluding carboxylic acids is 1. The van der Waals surface area contributed by atoms with Crippen LogP contribution in [0.5, 0.6) is 11.5 Å². The summed E-state index contributed by atoms with van der Waals surface area (Å²) in [6, 6.07) is 11.1. The molecule has 0 radical (unpaired) electrons. The highest BCUT2D eigenvalue weighted by Crippen LogP contribution is 2.47. The van der Waals surface area contributed by atoms with E-state index in [0.29, 0.717) is 48.5 Å². The molecular formula is C24H28ClNO5. The zero-order valence-corrected chi connectivity index (χ0v) is 18.7. The highest BCUT2D eigenvalue weighted by Gasteiger charge is 2.54. The Kier molecular flexibility index (Phi) is 6.70. The summed E-state index contributed by atoms with van der Waals surface area (Å²) in [5.74, 6) is -0.289. The average Bonchev–Trinajstić information content (AvgIpc) is 3.00. The second-order valence-corrected chi connectivity index (χ2v) is 8.20. The van der Waals surface area contributed by atoms with Crippen LogP contribution in [0.1, 0.15) is 43.7 Å². The van der Waals surface area contributed by atoms with Crippen LogP contribution in [0, 0.1) is 0 Å². The van der Waals surface area contributed by atoms with Crippen molar-refractivity contribution < 1.29 is 23.7 Å². The van der Waals surface area contributed by atoms with Crippen LogP contribution in [0.15, 0.2) is 36.4 Å². The zero-order chi connectivity index (χ0) is 21.8. The fourth-order valence-corrected chi connectivity index (χ4v) is 4.20. The monoisotopic (exact) mass is 445 g/mol. The number of hydrogen-bond acceptors (Lipinski definition) is 5. The third-order valence-electron chi connectivity index (χ3n) is 5.60. The van der Waals surface area contributed by atoms with Crippen LogP contribution in [0.3, 0.4) is 0 Å². The zero-order valence-electron chi connectivity index (χ0n) is 18.0. The Morgan fingerprint density at radius 3 is 2.65 bits per heavy atom. The van der Waals surface area contributed by atoms with E-state index in [9.17, 15) is 4.79 Å². The van der Waals surface area contributed by atoms with E-state index in [1.165, 1.54) is 0 Å². The number of fused-ring (bicyclic) bond motifs is 2. The first-order valence-electron chi connectivity index (χ1n) is 10.8. The molecule has 1 spiro atoms. The van der Waals surface area contributed by atoms with E-state index >= 15 is 0 Å². The Labute approximate surface area is 188 Å². The molecule has 0 saturated carbocycles. The molecule has 4 rings (SSSR count). The van der Waals surface area contributed by atoms with Crippen molar-refractivity contribution >= 4 is 23.2 Å². The van der Waals surface area contributed by atoms with Gasteiger partial charge in [-0.15, -0.1) is 0 Å². The minimum atomic E-state index is -1.41. The highest BCUT2D eigenvalue weighted by molar-refractivity contribution is 6.31. The summed E-state index contributed by atoms with van der Waals surface area (Å²) in [6.45, 7) is 4.09. The number of amides is 1. The van der Waals surface area contributed by atoms with E-state index < -0.39 is 5.79 Å². The number of benzene rings is 2. The smallest absolute Gasteiger partial charge is 0.292 e. The summed E-state index contributed by atoms with van der Waals surface area (Å²) in [5.41, 5.74) is 2.32. The summed E-state index contributed by atoms with van der Waals surface area (Å²) < 4.78 is 23.2. The summed E-state index contributed by atoms with van der Waals surface area (Å²) in [6.07, 6.45) is 4.03. The second kappa shape index (κ2) is 9.47. The van der Waals surface area contributed by atoms with E-state index in [-0.39, 0.29) is 5.91 Å². The molecule has 0 bridgehead atoms. The predicted octanol–water partition coefficient (Wildman–Crippen LogP) is 5.05. The number of ether oxygens (including phenoxy) is 4. The van der Waals surface area contributed by atoms with E-state index in [1.54, 1.807) is 24.1 Å². The van der Waals surface area contributed by atoms with Gasteiger partial charge in [0.15, 0.2) is 11.5 Å². The maximum absolute atomic E-state index is 13.5. The molecule has 2 heterocycles. The number of hydrogen-bond donors (Lipinski definition) is 0. The van der Waals surface area contributed by atoms with Gasteiger partial charge in [-0.25, -0.2) is 0 Å². The molecular weight excluding hydrogens is 418 g/mol. The van der Waals surface area contributed by atoms with Crippen molar-refractivity contribution in [2.45, 2.75) is 44.9 Å². The molecule has 7 heteroatoms. The largest absolute Gasteiger partial charge is 0.493 e. The summed E-state index contributed by atoms with van der Waals surface area (Å²) in [7, 11) is 1.62. The van der Waals surface area contributed by atoms with Crippen molar-refractivity contribution in [1.82, 2.24) is 0 Å². The number of halogens is 1. The lowest BCUT2D eigenvalue weighted by Crippen LogP contribution is -2.47. The normalized spacial score (nSPS) is 17.1. The first-order chi connectivity index (χ1) is 15.1. The van der Waals surface area contributed by atoms with Crippen LogP contribution < -0.4 is 14.4 Å². The first kappa shape index (κ1) is 21.9. The van der Waals surface area contributed by atoms with Crippen molar-refractivity contribution in [3.63, 3.8) is 0 Å². The van der Waals surface area contributed by atoms with Gasteiger partial charge >= 0.3 is 0 Å². The molecule has 31 heavy (non-hydrogen) atoms. The van der Waals surface area contributed by atoms with Gasteiger partial charge < -0.3 is 23.8 Å². The highest BCUT2D eigenvalue weighted by atomic mass is 35.5. The molecule has 1 amide bonds. The summed E-state index contributed by atoms with van der Waals surface area (Å²) in [4.78, 5) is 15.1. The molecule has 2 aliphatic heterocycles. The Bertz CT molecular complexity index is 942. The number of nitrogens with zero attached hydrogens (tertiary/aromatic N) is 1. The molecule has 166 valence electrons. The van der Waals surface area contributed by atoms with Gasteiger partial charge in [0, 0.05) is 10.6 Å². The van der Waals surface area contributed by atoms with E-state index in [4.69, 9.17) is 30.5 Å². The van der Waals surface area contributed by atoms with Crippen molar-refractivity contribution in [2.24, 2.45) is 0 Å². The molecule has 0 aliphatic carbocycles. The summed E-state index contributed by atoms with van der Waals surface area (Å²) >= 11 is 6.23. The molecule has 0 atom stereocenters. The van der Waals surface area contributed by atoms with Crippen LogP contribution in [-0.2, 0) is 26.6 Å². The number of carbonyl (C=O) groups is 1. The molecule has 0 aromatic heterocycles. The lowest BCUT2D eigenvalue weighted by atomic mass is 10.1. The quantitative estimate of drug-likeness (QED) is 0.532. The van der Waals surface area contributed by atoms with Crippen LogP contribution in [0.25, 0.3) is 0 Å². The number of anilines is 1. The lowest BCUT2D eigenvalue weighted by molar-refractivity contribution is -0.256. The van der Waals surface area contributed by atoms with E-state index in [1.807, 2.05) is 24.3 Å². The number of rotatable bonds is 8. The molecule has 1 saturated heterocycles. The van der Waals surface area contributed by atoms with Gasteiger partial charge in [0.1, 0.15) is 0 Å². The molecule has 0 unspecified atom stereocenters. The maximum Gasteiger partial charge on any atom is 0.292 e. The van der Waals surface area contributed by atoms with Crippen molar-refractivity contribution in [1.29, 1.82) is 0 Å². The molecule has 2 aromatic rings. The number of unbranched alkanes of at least 4 members (excludes halogenated alkanes) is 2. The molecule has 6 nitrogen and oxygen atoms in total. The van der Waals surface area contributed by atoms with Crippen molar-refractivity contribution in [3.8, 4) is 11.5 Å². The molecule has 0 N–H and O–H groups in total. The minimum Gasteiger partial charge on any atom is -0.493 e. The summed E-state index contributed by atoms with van der Waals surface area (Å²) in [5, 5.41) is 0.539.